The molecular weight excluding hydrogens is 287 g/mol. The maximum Gasteiger partial charge on any atom is 0.411 e. The van der Waals surface area contributed by atoms with Crippen molar-refractivity contribution < 1.29 is 22.4 Å². The number of halogens is 3. The van der Waals surface area contributed by atoms with Crippen molar-refractivity contribution in [1.29, 1.82) is 0 Å². The van der Waals surface area contributed by atoms with Crippen LogP contribution in [0, 0.1) is 0 Å². The van der Waals surface area contributed by atoms with Crippen LogP contribution in [0.15, 0.2) is 4.52 Å². The van der Waals surface area contributed by atoms with Gasteiger partial charge in [0.15, 0.2) is 5.82 Å². The molecule has 1 rings (SSSR count). The molecule has 1 unspecified atom stereocenters. The molecule has 0 bridgehead atoms. The van der Waals surface area contributed by atoms with Gasteiger partial charge in [-0.25, -0.2) is 0 Å². The zero-order chi connectivity index (χ0) is 15.7. The molecule has 0 aromatic carbocycles. The molecule has 0 aliphatic rings. The summed E-state index contributed by atoms with van der Waals surface area (Å²) in [5.41, 5.74) is 0. The van der Waals surface area contributed by atoms with Crippen LogP contribution in [0.25, 0.3) is 0 Å². The smallest absolute Gasteiger partial charge is 0.372 e. The first-order chi connectivity index (χ1) is 9.90. The lowest BCUT2D eigenvalue weighted by Gasteiger charge is -2.10. The second-order valence-corrected chi connectivity index (χ2v) is 4.92. The minimum Gasteiger partial charge on any atom is -0.372 e. The highest BCUT2D eigenvalue weighted by Crippen LogP contribution is 2.14. The number of aryl methyl sites for hydroxylation is 1. The Balaban J connectivity index is 2.20. The van der Waals surface area contributed by atoms with Crippen LogP contribution in [0.5, 0.6) is 0 Å². The maximum atomic E-state index is 11.9. The summed E-state index contributed by atoms with van der Waals surface area (Å²) in [6, 6.07) is 0.357. The molecule has 0 saturated heterocycles. The number of rotatable bonds is 10. The van der Waals surface area contributed by atoms with Crippen molar-refractivity contribution in [2.75, 3.05) is 19.8 Å². The van der Waals surface area contributed by atoms with E-state index in [9.17, 15) is 13.2 Å². The van der Waals surface area contributed by atoms with Crippen LogP contribution in [0.1, 0.15) is 38.4 Å². The molecular formula is C13H22F3N3O2. The lowest BCUT2D eigenvalue weighted by molar-refractivity contribution is -0.173. The van der Waals surface area contributed by atoms with Crippen LogP contribution >= 0.6 is 0 Å². The fourth-order valence-corrected chi connectivity index (χ4v) is 1.68. The van der Waals surface area contributed by atoms with Crippen LogP contribution in [0.2, 0.25) is 0 Å². The first kappa shape index (κ1) is 17.9. The summed E-state index contributed by atoms with van der Waals surface area (Å²) in [6.45, 7) is 3.82. The minimum atomic E-state index is -4.30. The Bertz CT molecular complexity index is 396. The number of aromatic nitrogens is 2. The SMILES string of the molecule is CCCNC(C)CCc1nc(CCOCC(F)(F)F)no1. The molecule has 0 aliphatic carbocycles. The van der Waals surface area contributed by atoms with Gasteiger partial charge < -0.3 is 14.6 Å². The van der Waals surface area contributed by atoms with Crippen molar-refractivity contribution >= 4 is 0 Å². The predicted molar refractivity (Wildman–Crippen MR) is 71.0 cm³/mol. The van der Waals surface area contributed by atoms with Gasteiger partial charge in [0.25, 0.3) is 0 Å². The minimum absolute atomic E-state index is 0.0764. The van der Waals surface area contributed by atoms with Crippen LogP contribution in [0.4, 0.5) is 13.2 Å². The third-order valence-corrected chi connectivity index (χ3v) is 2.78. The lowest BCUT2D eigenvalue weighted by atomic mass is 10.2. The molecule has 1 aromatic heterocycles. The Morgan fingerprint density at radius 2 is 2.10 bits per heavy atom. The van der Waals surface area contributed by atoms with Gasteiger partial charge in [-0.1, -0.05) is 12.1 Å². The van der Waals surface area contributed by atoms with Crippen LogP contribution < -0.4 is 5.32 Å². The van der Waals surface area contributed by atoms with Gasteiger partial charge >= 0.3 is 6.18 Å². The highest BCUT2D eigenvalue weighted by atomic mass is 19.4. The fourth-order valence-electron chi connectivity index (χ4n) is 1.68. The van der Waals surface area contributed by atoms with Crippen molar-refractivity contribution in [3.05, 3.63) is 11.7 Å². The van der Waals surface area contributed by atoms with Crippen molar-refractivity contribution in [2.24, 2.45) is 0 Å². The van der Waals surface area contributed by atoms with Crippen molar-refractivity contribution in [1.82, 2.24) is 15.5 Å². The summed E-state index contributed by atoms with van der Waals surface area (Å²) in [5.74, 6) is 0.882. The first-order valence-corrected chi connectivity index (χ1v) is 7.10. The van der Waals surface area contributed by atoms with E-state index in [-0.39, 0.29) is 13.0 Å². The van der Waals surface area contributed by atoms with Crippen molar-refractivity contribution in [3.8, 4) is 0 Å². The lowest BCUT2D eigenvalue weighted by Crippen LogP contribution is -2.27. The van der Waals surface area contributed by atoms with E-state index >= 15 is 0 Å². The Kier molecular flexibility index (Phi) is 7.66. The molecule has 0 spiro atoms. The molecule has 0 radical (unpaired) electrons. The van der Waals surface area contributed by atoms with Gasteiger partial charge in [0.2, 0.25) is 5.89 Å². The Morgan fingerprint density at radius 1 is 1.33 bits per heavy atom. The summed E-state index contributed by atoms with van der Waals surface area (Å²) in [4.78, 5) is 4.13. The third-order valence-electron chi connectivity index (χ3n) is 2.78. The summed E-state index contributed by atoms with van der Waals surface area (Å²) in [6.07, 6.45) is -1.50. The number of hydrogen-bond acceptors (Lipinski definition) is 5. The predicted octanol–water partition coefficient (Wildman–Crippen LogP) is 2.51. The molecule has 5 nitrogen and oxygen atoms in total. The van der Waals surface area contributed by atoms with Crippen LogP contribution in [0.3, 0.4) is 0 Å². The number of ether oxygens (including phenoxy) is 1. The van der Waals surface area contributed by atoms with Crippen molar-refractivity contribution in [2.45, 2.75) is 51.7 Å². The van der Waals surface area contributed by atoms with Gasteiger partial charge in [-0.15, -0.1) is 0 Å². The van der Waals surface area contributed by atoms with E-state index in [0.29, 0.717) is 24.2 Å². The van der Waals surface area contributed by atoms with Gasteiger partial charge in [0.05, 0.1) is 6.61 Å². The molecule has 8 heteroatoms. The number of hydrogen-bond donors (Lipinski definition) is 1. The molecule has 0 aliphatic heterocycles. The quantitative estimate of drug-likeness (QED) is 0.673. The fraction of sp³-hybridized carbons (Fsp3) is 0.846. The zero-order valence-corrected chi connectivity index (χ0v) is 12.4. The second kappa shape index (κ2) is 8.99. The van der Waals surface area contributed by atoms with E-state index in [1.165, 1.54) is 0 Å². The molecule has 0 fully saturated rings. The first-order valence-electron chi connectivity index (χ1n) is 7.10. The molecule has 0 amide bonds. The Morgan fingerprint density at radius 3 is 2.76 bits per heavy atom. The zero-order valence-electron chi connectivity index (χ0n) is 12.4. The molecule has 122 valence electrons. The van der Waals surface area contributed by atoms with Gasteiger partial charge in [-0.2, -0.15) is 18.2 Å². The van der Waals surface area contributed by atoms with Gasteiger partial charge in [-0.3, -0.25) is 0 Å². The molecule has 1 N–H and O–H groups in total. The topological polar surface area (TPSA) is 60.2 Å². The molecule has 1 atom stereocenters. The van der Waals surface area contributed by atoms with E-state index in [1.54, 1.807) is 0 Å². The Hall–Kier alpha value is -1.15. The van der Waals surface area contributed by atoms with Crippen LogP contribution in [-0.4, -0.2) is 42.1 Å². The van der Waals surface area contributed by atoms with E-state index in [0.717, 1.165) is 19.4 Å². The number of alkyl halides is 3. The van der Waals surface area contributed by atoms with Gasteiger partial charge in [0.1, 0.15) is 6.61 Å². The summed E-state index contributed by atoms with van der Waals surface area (Å²) in [5, 5.41) is 7.07. The number of nitrogens with zero attached hydrogens (tertiary/aromatic N) is 2. The average Bonchev–Trinajstić information content (AvgIpc) is 2.86. The number of nitrogens with one attached hydrogen (secondary N) is 1. The van der Waals surface area contributed by atoms with Gasteiger partial charge in [-0.05, 0) is 26.3 Å². The highest BCUT2D eigenvalue weighted by Gasteiger charge is 2.27. The molecule has 21 heavy (non-hydrogen) atoms. The largest absolute Gasteiger partial charge is 0.411 e. The van der Waals surface area contributed by atoms with Crippen molar-refractivity contribution in [3.63, 3.8) is 0 Å². The molecule has 1 heterocycles. The van der Waals surface area contributed by atoms with E-state index < -0.39 is 12.8 Å². The van der Waals surface area contributed by atoms with E-state index in [4.69, 9.17) is 4.52 Å². The third kappa shape index (κ3) is 8.67. The van der Waals surface area contributed by atoms with Crippen LogP contribution in [-0.2, 0) is 17.6 Å². The summed E-state index contributed by atoms with van der Waals surface area (Å²) < 4.78 is 45.2. The summed E-state index contributed by atoms with van der Waals surface area (Å²) in [7, 11) is 0. The second-order valence-electron chi connectivity index (χ2n) is 4.92. The standard InChI is InChI=1S/C13H22F3N3O2/c1-3-7-17-10(2)4-5-12-18-11(19-21-12)6-8-20-9-13(14,15)16/h10,17H,3-9H2,1-2H3. The van der Waals surface area contributed by atoms with E-state index in [2.05, 4.69) is 34.0 Å². The highest BCUT2D eigenvalue weighted by molar-refractivity contribution is 4.87. The Labute approximate surface area is 122 Å². The normalized spacial score (nSPS) is 13.6. The maximum absolute atomic E-state index is 11.9. The van der Waals surface area contributed by atoms with Gasteiger partial charge in [0, 0.05) is 18.9 Å². The molecule has 1 aromatic rings. The summed E-state index contributed by atoms with van der Waals surface area (Å²) >= 11 is 0. The monoisotopic (exact) mass is 309 g/mol. The molecule has 0 saturated carbocycles. The average molecular weight is 309 g/mol. The van der Waals surface area contributed by atoms with E-state index in [1.807, 2.05) is 0 Å².